The number of hydrogen-bond acceptors (Lipinski definition) is 5. The molecule has 2 amide bonds. The summed E-state index contributed by atoms with van der Waals surface area (Å²) in [6.07, 6.45) is 2.47. The van der Waals surface area contributed by atoms with Gasteiger partial charge in [-0.25, -0.2) is 0 Å². The van der Waals surface area contributed by atoms with Crippen molar-refractivity contribution in [1.29, 1.82) is 0 Å². The van der Waals surface area contributed by atoms with Crippen LogP contribution in [-0.2, 0) is 16.1 Å². The Bertz CT molecular complexity index is 1230. The minimum Gasteiger partial charge on any atom is -0.370 e. The van der Waals surface area contributed by atoms with Crippen molar-refractivity contribution >= 4 is 62.2 Å². The fraction of sp³-hybridized carbons (Fsp3) is 0.462. The van der Waals surface area contributed by atoms with E-state index in [2.05, 4.69) is 50.2 Å². The fourth-order valence-electron chi connectivity index (χ4n) is 5.09. The Morgan fingerprint density at radius 2 is 1.63 bits per heavy atom. The summed E-state index contributed by atoms with van der Waals surface area (Å²) in [7, 11) is 0. The van der Waals surface area contributed by atoms with E-state index in [0.29, 0.717) is 57.6 Å². The number of piperazine rings is 1. The Hall–Kier alpha value is -2.99. The normalized spacial score (nSPS) is 21.3. The van der Waals surface area contributed by atoms with Crippen LogP contribution in [0.1, 0.15) is 31.2 Å². The molecule has 2 aliphatic rings. The van der Waals surface area contributed by atoms with Crippen LogP contribution in [0, 0.1) is 5.92 Å². The Labute approximate surface area is 235 Å². The van der Waals surface area contributed by atoms with Gasteiger partial charge in [0.15, 0.2) is 11.9 Å². The molecular weight excluding hydrogens is 568 g/mol. The van der Waals surface area contributed by atoms with E-state index < -0.39 is 6.04 Å². The SMILES string of the molecule is NC(N)=NCCCC1CSC2CN(Cc3ccc4ccccc4c3Br)C(=O)[C@H](CCCN=C(N)N)N2C1=O. The number of thioether (sulfide) groups is 1. The molecule has 10 nitrogen and oxygen atoms in total. The van der Waals surface area contributed by atoms with Gasteiger partial charge in [0.25, 0.3) is 0 Å². The summed E-state index contributed by atoms with van der Waals surface area (Å²) in [6.45, 7) is 1.84. The lowest BCUT2D eigenvalue weighted by molar-refractivity contribution is -0.156. The summed E-state index contributed by atoms with van der Waals surface area (Å²) < 4.78 is 0.989. The van der Waals surface area contributed by atoms with Crippen LogP contribution in [-0.4, -0.2) is 70.3 Å². The number of carbonyl (C=O) groups is 2. The number of hydrogen-bond donors (Lipinski definition) is 4. The highest BCUT2D eigenvalue weighted by Crippen LogP contribution is 2.37. The highest BCUT2D eigenvalue weighted by molar-refractivity contribution is 9.10. The van der Waals surface area contributed by atoms with Gasteiger partial charge in [0.1, 0.15) is 6.04 Å². The maximum absolute atomic E-state index is 13.9. The molecule has 0 radical (unpaired) electrons. The van der Waals surface area contributed by atoms with E-state index in [-0.39, 0.29) is 35.0 Å². The number of fused-ring (bicyclic) bond motifs is 2. The van der Waals surface area contributed by atoms with Crippen LogP contribution < -0.4 is 22.9 Å². The van der Waals surface area contributed by atoms with Gasteiger partial charge in [0, 0.05) is 35.8 Å². The van der Waals surface area contributed by atoms with E-state index in [1.54, 1.807) is 11.8 Å². The van der Waals surface area contributed by atoms with Gasteiger partial charge < -0.3 is 32.7 Å². The number of halogens is 1. The van der Waals surface area contributed by atoms with Gasteiger partial charge in [-0.15, -0.1) is 11.8 Å². The Kier molecular flexibility index (Phi) is 9.37. The molecule has 8 N–H and O–H groups in total. The molecule has 0 spiro atoms. The molecule has 0 aromatic heterocycles. The van der Waals surface area contributed by atoms with E-state index in [4.69, 9.17) is 22.9 Å². The number of nitrogens with zero attached hydrogens (tertiary/aromatic N) is 4. The van der Waals surface area contributed by atoms with E-state index in [1.165, 1.54) is 0 Å². The van der Waals surface area contributed by atoms with Crippen molar-refractivity contribution in [2.45, 2.75) is 43.6 Å². The number of aliphatic imine (C=N–C) groups is 2. The third-order valence-electron chi connectivity index (χ3n) is 6.95. The first-order valence-corrected chi connectivity index (χ1v) is 14.6. The number of carbonyl (C=O) groups excluding carboxylic acids is 2. The van der Waals surface area contributed by atoms with E-state index in [1.807, 2.05) is 21.9 Å². The van der Waals surface area contributed by atoms with Crippen LogP contribution in [0.25, 0.3) is 10.8 Å². The number of nitrogens with two attached hydrogens (primary N) is 4. The van der Waals surface area contributed by atoms with Gasteiger partial charge in [-0.2, -0.15) is 0 Å². The number of guanidine groups is 2. The smallest absolute Gasteiger partial charge is 0.245 e. The van der Waals surface area contributed by atoms with Crippen LogP contribution in [0.3, 0.4) is 0 Å². The topological polar surface area (TPSA) is 169 Å². The van der Waals surface area contributed by atoms with Crippen LogP contribution >= 0.6 is 27.7 Å². The predicted octanol–water partition coefficient (Wildman–Crippen LogP) is 1.94. The van der Waals surface area contributed by atoms with Gasteiger partial charge in [-0.1, -0.05) is 36.4 Å². The van der Waals surface area contributed by atoms with Crippen molar-refractivity contribution in [3.8, 4) is 0 Å². The first-order chi connectivity index (χ1) is 18.3. The Balaban J connectivity index is 1.53. The molecule has 12 heteroatoms. The maximum atomic E-state index is 13.9. The minimum absolute atomic E-state index is 0.0195. The summed E-state index contributed by atoms with van der Waals surface area (Å²) in [6, 6.07) is 11.7. The maximum Gasteiger partial charge on any atom is 0.245 e. The van der Waals surface area contributed by atoms with Gasteiger partial charge in [-0.05, 0) is 57.9 Å². The molecule has 2 unspecified atom stereocenters. The molecule has 204 valence electrons. The zero-order valence-corrected chi connectivity index (χ0v) is 23.7. The lowest BCUT2D eigenvalue weighted by atomic mass is 9.98. The molecule has 0 saturated carbocycles. The Morgan fingerprint density at radius 1 is 0.947 bits per heavy atom. The first-order valence-electron chi connectivity index (χ1n) is 12.8. The third kappa shape index (κ3) is 6.52. The van der Waals surface area contributed by atoms with Crippen LogP contribution in [0.5, 0.6) is 0 Å². The summed E-state index contributed by atoms with van der Waals surface area (Å²) >= 11 is 5.50. The predicted molar refractivity (Wildman–Crippen MR) is 157 cm³/mol. The number of rotatable bonds is 10. The molecule has 38 heavy (non-hydrogen) atoms. The number of amides is 2. The molecule has 0 aliphatic carbocycles. The average molecular weight is 604 g/mol. The standard InChI is InChI=1S/C26H35BrN8O2S/c27-22-17(10-9-16-5-1-2-7-19(16)22)13-34-14-21-35(20(24(34)37)8-4-12-33-26(30)31)23(36)18(15-38-21)6-3-11-32-25(28)29/h1-2,5,7,9-10,18,20-21H,3-4,6,8,11-15H2,(H4,28,29,32)(H4,30,31,33)/t18?,20-,21?/m0/s1. The van der Waals surface area contributed by atoms with Crippen molar-refractivity contribution in [2.24, 2.45) is 38.8 Å². The van der Waals surface area contributed by atoms with Crippen LogP contribution in [0.4, 0.5) is 0 Å². The zero-order chi connectivity index (χ0) is 27.2. The van der Waals surface area contributed by atoms with Crippen molar-refractivity contribution in [3.05, 3.63) is 46.4 Å². The molecule has 2 heterocycles. The van der Waals surface area contributed by atoms with Gasteiger partial charge in [0.2, 0.25) is 11.8 Å². The fourth-order valence-corrected chi connectivity index (χ4v) is 7.17. The van der Waals surface area contributed by atoms with E-state index in [9.17, 15) is 9.59 Å². The van der Waals surface area contributed by atoms with Crippen LogP contribution in [0.2, 0.25) is 0 Å². The van der Waals surface area contributed by atoms with Crippen molar-refractivity contribution in [1.82, 2.24) is 9.80 Å². The third-order valence-corrected chi connectivity index (χ3v) is 9.24. The van der Waals surface area contributed by atoms with Gasteiger partial charge in [0.05, 0.1) is 11.9 Å². The first kappa shape index (κ1) is 28.0. The van der Waals surface area contributed by atoms with E-state index >= 15 is 0 Å². The molecule has 2 aliphatic heterocycles. The average Bonchev–Trinajstić information content (AvgIpc) is 2.88. The van der Waals surface area contributed by atoms with Crippen LogP contribution in [0.15, 0.2) is 50.9 Å². The van der Waals surface area contributed by atoms with Crippen molar-refractivity contribution in [2.75, 3.05) is 25.4 Å². The lowest BCUT2D eigenvalue weighted by Crippen LogP contribution is -2.65. The minimum atomic E-state index is -0.553. The summed E-state index contributed by atoms with van der Waals surface area (Å²) in [5, 5.41) is 2.15. The van der Waals surface area contributed by atoms with Gasteiger partial charge in [-0.3, -0.25) is 19.6 Å². The highest BCUT2D eigenvalue weighted by atomic mass is 79.9. The molecule has 2 fully saturated rings. The molecular formula is C26H35BrN8O2S. The molecule has 2 aromatic carbocycles. The zero-order valence-electron chi connectivity index (χ0n) is 21.3. The largest absolute Gasteiger partial charge is 0.370 e. The molecule has 2 aromatic rings. The lowest BCUT2D eigenvalue weighted by Gasteiger charge is -2.49. The second-order valence-corrected chi connectivity index (χ2v) is 11.6. The highest BCUT2D eigenvalue weighted by Gasteiger charge is 2.47. The molecule has 4 rings (SSSR count). The quantitative estimate of drug-likeness (QED) is 0.183. The summed E-state index contributed by atoms with van der Waals surface area (Å²) in [4.78, 5) is 39.3. The second kappa shape index (κ2) is 12.7. The summed E-state index contributed by atoms with van der Waals surface area (Å²) in [5.41, 5.74) is 22.8. The molecule has 3 atom stereocenters. The van der Waals surface area contributed by atoms with Gasteiger partial charge >= 0.3 is 0 Å². The van der Waals surface area contributed by atoms with Crippen molar-refractivity contribution in [3.63, 3.8) is 0 Å². The molecule has 0 bridgehead atoms. The Morgan fingerprint density at radius 3 is 2.34 bits per heavy atom. The molecule has 2 saturated heterocycles. The summed E-state index contributed by atoms with van der Waals surface area (Å²) in [5.74, 6) is 0.608. The number of benzene rings is 2. The van der Waals surface area contributed by atoms with Crippen molar-refractivity contribution < 1.29 is 9.59 Å². The van der Waals surface area contributed by atoms with E-state index in [0.717, 1.165) is 20.8 Å². The monoisotopic (exact) mass is 602 g/mol. The second-order valence-electron chi connectivity index (χ2n) is 9.62.